The molecule has 0 aliphatic carbocycles. The van der Waals surface area contributed by atoms with E-state index in [1.54, 1.807) is 5.10 Å². The molecule has 1 aromatic heterocycles. The van der Waals surface area contributed by atoms with Crippen molar-refractivity contribution in [1.29, 1.82) is 0 Å². The topological polar surface area (TPSA) is 146 Å². The second kappa shape index (κ2) is 4.37. The molecule has 0 amide bonds. The Balaban J connectivity index is 0.00000196. The van der Waals surface area contributed by atoms with E-state index in [2.05, 4.69) is 5.10 Å². The van der Waals surface area contributed by atoms with Gasteiger partial charge in [0.25, 0.3) is 0 Å². The Morgan fingerprint density at radius 1 is 1.33 bits per heavy atom. The van der Waals surface area contributed by atoms with Gasteiger partial charge < -0.3 is 10.2 Å². The molecule has 0 saturated heterocycles. The molecule has 1 rings (SSSR count). The van der Waals surface area contributed by atoms with Crippen LogP contribution in [0, 0.1) is 10.1 Å². The normalized spacial score (nSPS) is 9.07. The summed E-state index contributed by atoms with van der Waals surface area (Å²) in [6.07, 6.45) is 0. The van der Waals surface area contributed by atoms with Crippen LogP contribution in [0.1, 0.15) is 21.0 Å². The number of halogens is 1. The molecule has 0 fully saturated rings. The third kappa shape index (κ3) is 2.20. The number of H-pyrrole nitrogens is 1. The first-order chi connectivity index (χ1) is 6.45. The average molecular weight is 238 g/mol. The van der Waals surface area contributed by atoms with Crippen LogP contribution in [0.5, 0.6) is 0 Å². The highest BCUT2D eigenvalue weighted by Crippen LogP contribution is 2.20. The Morgan fingerprint density at radius 3 is 2.20 bits per heavy atom. The summed E-state index contributed by atoms with van der Waals surface area (Å²) in [5, 5.41) is 32.0. The second-order valence-corrected chi connectivity index (χ2v) is 2.16. The van der Waals surface area contributed by atoms with Crippen molar-refractivity contribution in [3.8, 4) is 0 Å². The van der Waals surface area contributed by atoms with Crippen molar-refractivity contribution < 1.29 is 24.7 Å². The Labute approximate surface area is 87.3 Å². The van der Waals surface area contributed by atoms with E-state index in [0.717, 1.165) is 0 Å². The van der Waals surface area contributed by atoms with Crippen LogP contribution in [0.25, 0.3) is 0 Å². The van der Waals surface area contributed by atoms with Gasteiger partial charge in [-0.2, -0.15) is 5.10 Å². The van der Waals surface area contributed by atoms with Gasteiger partial charge in [-0.3, -0.25) is 15.2 Å². The molecule has 0 atom stereocenters. The standard InChI is InChI=1S/C5H3N3O6.ClH/c9-4(10)1-3(8(13)14)2(5(11)12)7-6-1;/h(H,6,7)(H,9,10)(H,11,12);1H. The van der Waals surface area contributed by atoms with Crippen molar-refractivity contribution in [2.75, 3.05) is 0 Å². The number of hydrogen-bond acceptors (Lipinski definition) is 5. The Kier molecular flexibility index (Phi) is 3.74. The summed E-state index contributed by atoms with van der Waals surface area (Å²) in [5.74, 6) is -3.31. The largest absolute Gasteiger partial charge is 0.476 e. The van der Waals surface area contributed by atoms with Crippen LogP contribution in [-0.2, 0) is 0 Å². The zero-order valence-electron chi connectivity index (χ0n) is 6.83. The molecule has 0 aromatic carbocycles. The maximum atomic E-state index is 10.4. The van der Waals surface area contributed by atoms with Gasteiger partial charge in [-0.1, -0.05) is 0 Å². The van der Waals surface area contributed by atoms with Crippen molar-refractivity contribution in [2.45, 2.75) is 0 Å². The van der Waals surface area contributed by atoms with E-state index in [0.29, 0.717) is 0 Å². The maximum Gasteiger partial charge on any atom is 0.363 e. The van der Waals surface area contributed by atoms with Gasteiger partial charge in [0, 0.05) is 0 Å². The predicted octanol–water partition coefficient (Wildman–Crippen LogP) is 0.136. The number of rotatable bonds is 3. The van der Waals surface area contributed by atoms with Crippen LogP contribution in [0.4, 0.5) is 5.69 Å². The molecule has 1 aromatic rings. The van der Waals surface area contributed by atoms with E-state index in [1.165, 1.54) is 0 Å². The van der Waals surface area contributed by atoms with Crippen LogP contribution in [0.15, 0.2) is 0 Å². The maximum absolute atomic E-state index is 10.4. The number of carboxylic acid groups (broad SMARTS) is 2. The van der Waals surface area contributed by atoms with E-state index < -0.39 is 33.9 Å². The van der Waals surface area contributed by atoms with E-state index in [4.69, 9.17) is 10.2 Å². The third-order valence-electron chi connectivity index (χ3n) is 1.34. The molecule has 9 nitrogen and oxygen atoms in total. The van der Waals surface area contributed by atoms with Gasteiger partial charge in [0.2, 0.25) is 11.4 Å². The Morgan fingerprint density at radius 2 is 1.87 bits per heavy atom. The summed E-state index contributed by atoms with van der Waals surface area (Å²) in [5.41, 5.74) is -2.83. The predicted molar refractivity (Wildman–Crippen MR) is 46.4 cm³/mol. The van der Waals surface area contributed by atoms with Crippen LogP contribution < -0.4 is 0 Å². The van der Waals surface area contributed by atoms with E-state index in [1.807, 2.05) is 0 Å². The zero-order valence-corrected chi connectivity index (χ0v) is 7.65. The number of carbonyl (C=O) groups is 2. The van der Waals surface area contributed by atoms with Gasteiger partial charge in [0.05, 0.1) is 4.92 Å². The molecule has 0 bridgehead atoms. The van der Waals surface area contributed by atoms with E-state index in [-0.39, 0.29) is 12.4 Å². The Bertz CT molecular complexity index is 395. The number of aromatic carboxylic acids is 2. The van der Waals surface area contributed by atoms with Gasteiger partial charge in [-0.15, -0.1) is 12.4 Å². The van der Waals surface area contributed by atoms with Crippen molar-refractivity contribution in [1.82, 2.24) is 10.2 Å². The van der Waals surface area contributed by atoms with Gasteiger partial charge in [0.15, 0.2) is 0 Å². The molecule has 0 spiro atoms. The molecule has 0 radical (unpaired) electrons. The number of nitrogens with one attached hydrogen (secondary N) is 1. The second-order valence-electron chi connectivity index (χ2n) is 2.16. The van der Waals surface area contributed by atoms with Crippen molar-refractivity contribution in [3.05, 3.63) is 21.5 Å². The SMILES string of the molecule is Cl.O=C(O)c1n[nH]c(C(=O)O)c1[N+](=O)[O-]. The summed E-state index contributed by atoms with van der Waals surface area (Å²) < 4.78 is 0. The number of hydrogen-bond donors (Lipinski definition) is 3. The first-order valence-corrected chi connectivity index (χ1v) is 3.14. The highest BCUT2D eigenvalue weighted by Gasteiger charge is 2.32. The summed E-state index contributed by atoms with van der Waals surface area (Å²) in [7, 11) is 0. The molecule has 10 heteroatoms. The molecule has 0 aliphatic heterocycles. The first kappa shape index (κ1) is 12.8. The molecular weight excluding hydrogens is 234 g/mol. The highest BCUT2D eigenvalue weighted by molar-refractivity contribution is 5.98. The van der Waals surface area contributed by atoms with Crippen molar-refractivity contribution >= 4 is 30.0 Å². The number of aromatic nitrogens is 2. The fourth-order valence-electron chi connectivity index (χ4n) is 0.812. The summed E-state index contributed by atoms with van der Waals surface area (Å²) in [6.45, 7) is 0. The summed E-state index contributed by atoms with van der Waals surface area (Å²) in [4.78, 5) is 30.0. The molecule has 0 saturated carbocycles. The molecule has 1 heterocycles. The summed E-state index contributed by atoms with van der Waals surface area (Å²) in [6, 6.07) is 0. The number of nitrogens with zero attached hydrogens (tertiary/aromatic N) is 2. The lowest BCUT2D eigenvalue weighted by molar-refractivity contribution is -0.385. The van der Waals surface area contributed by atoms with Crippen LogP contribution >= 0.6 is 12.4 Å². The molecule has 0 aliphatic rings. The van der Waals surface area contributed by atoms with Gasteiger partial charge in [-0.05, 0) is 0 Å². The zero-order chi connectivity index (χ0) is 10.9. The lowest BCUT2D eigenvalue weighted by Gasteiger charge is -1.89. The molecule has 3 N–H and O–H groups in total. The molecule has 0 unspecified atom stereocenters. The first-order valence-electron chi connectivity index (χ1n) is 3.14. The van der Waals surface area contributed by atoms with E-state index in [9.17, 15) is 19.7 Å². The van der Waals surface area contributed by atoms with Crippen LogP contribution in [0.3, 0.4) is 0 Å². The number of aromatic amines is 1. The van der Waals surface area contributed by atoms with Gasteiger partial charge in [0.1, 0.15) is 0 Å². The van der Waals surface area contributed by atoms with E-state index >= 15 is 0 Å². The fraction of sp³-hybridized carbons (Fsp3) is 0. The quantitative estimate of drug-likeness (QED) is 0.500. The Hall–Kier alpha value is -2.16. The average Bonchev–Trinajstić information content (AvgIpc) is 2.46. The monoisotopic (exact) mass is 237 g/mol. The van der Waals surface area contributed by atoms with Gasteiger partial charge in [-0.25, -0.2) is 9.59 Å². The van der Waals surface area contributed by atoms with Crippen molar-refractivity contribution in [3.63, 3.8) is 0 Å². The third-order valence-corrected chi connectivity index (χ3v) is 1.34. The highest BCUT2D eigenvalue weighted by atomic mass is 35.5. The van der Waals surface area contributed by atoms with Gasteiger partial charge >= 0.3 is 17.6 Å². The lowest BCUT2D eigenvalue weighted by Crippen LogP contribution is -2.05. The number of nitro groups is 1. The molecular formula is C5H4ClN3O6. The lowest BCUT2D eigenvalue weighted by atomic mass is 10.3. The minimum absolute atomic E-state index is 0. The van der Waals surface area contributed by atoms with Crippen LogP contribution in [0.2, 0.25) is 0 Å². The summed E-state index contributed by atoms with van der Waals surface area (Å²) >= 11 is 0. The molecule has 82 valence electrons. The number of carboxylic acids is 2. The molecule has 15 heavy (non-hydrogen) atoms. The fourth-order valence-corrected chi connectivity index (χ4v) is 0.812. The minimum atomic E-state index is -1.67. The van der Waals surface area contributed by atoms with Crippen molar-refractivity contribution in [2.24, 2.45) is 0 Å². The smallest absolute Gasteiger partial charge is 0.363 e. The van der Waals surface area contributed by atoms with Crippen LogP contribution in [-0.4, -0.2) is 37.3 Å². The minimum Gasteiger partial charge on any atom is -0.476 e.